The Bertz CT molecular complexity index is 334. The Morgan fingerprint density at radius 3 is 2.22 bits per heavy atom. The van der Waals surface area contributed by atoms with Crippen molar-refractivity contribution in [1.82, 2.24) is 0 Å². The maximum atomic E-state index is 5.63. The predicted molar refractivity (Wildman–Crippen MR) is 76.6 cm³/mol. The second-order valence-electron chi connectivity index (χ2n) is 4.46. The largest absolute Gasteiger partial charge is 0.490 e. The van der Waals surface area contributed by atoms with Crippen molar-refractivity contribution in [2.24, 2.45) is 0 Å². The Hall–Kier alpha value is -1.18. The van der Waals surface area contributed by atoms with Gasteiger partial charge in [-0.15, -0.1) is 0 Å². The summed E-state index contributed by atoms with van der Waals surface area (Å²) in [6.45, 7) is 7.59. The van der Waals surface area contributed by atoms with Crippen molar-refractivity contribution in [3.63, 3.8) is 0 Å². The Morgan fingerprint density at radius 1 is 0.833 bits per heavy atom. The molecule has 0 saturated heterocycles. The van der Waals surface area contributed by atoms with Crippen LogP contribution in [-0.4, -0.2) is 13.2 Å². The molecule has 102 valence electrons. The fourth-order valence-electron chi connectivity index (χ4n) is 2.01. The zero-order valence-corrected chi connectivity index (χ0v) is 12.0. The van der Waals surface area contributed by atoms with Crippen LogP contribution < -0.4 is 9.47 Å². The Labute approximate surface area is 111 Å². The van der Waals surface area contributed by atoms with Crippen LogP contribution >= 0.6 is 0 Å². The first-order valence-electron chi connectivity index (χ1n) is 7.20. The van der Waals surface area contributed by atoms with Crippen molar-refractivity contribution in [3.05, 3.63) is 23.8 Å². The highest BCUT2D eigenvalue weighted by molar-refractivity contribution is 5.43. The number of benzene rings is 1. The molecule has 0 aliphatic rings. The Morgan fingerprint density at radius 2 is 1.56 bits per heavy atom. The molecular formula is C16H26O2. The van der Waals surface area contributed by atoms with E-state index in [9.17, 15) is 0 Å². The van der Waals surface area contributed by atoms with Crippen LogP contribution in [0.25, 0.3) is 0 Å². The van der Waals surface area contributed by atoms with E-state index in [4.69, 9.17) is 9.47 Å². The molecule has 2 heteroatoms. The van der Waals surface area contributed by atoms with Crippen LogP contribution in [0.3, 0.4) is 0 Å². The van der Waals surface area contributed by atoms with Gasteiger partial charge in [-0.3, -0.25) is 0 Å². The van der Waals surface area contributed by atoms with E-state index in [0.717, 1.165) is 17.9 Å². The molecule has 0 unspecified atom stereocenters. The van der Waals surface area contributed by atoms with E-state index in [-0.39, 0.29) is 0 Å². The maximum Gasteiger partial charge on any atom is 0.161 e. The summed E-state index contributed by atoms with van der Waals surface area (Å²) in [5.41, 5.74) is 1.35. The summed E-state index contributed by atoms with van der Waals surface area (Å²) in [6, 6.07) is 6.31. The van der Waals surface area contributed by atoms with Gasteiger partial charge >= 0.3 is 0 Å². The molecule has 18 heavy (non-hydrogen) atoms. The van der Waals surface area contributed by atoms with Crippen LogP contribution in [0.4, 0.5) is 0 Å². The van der Waals surface area contributed by atoms with Crippen molar-refractivity contribution in [2.45, 2.75) is 52.9 Å². The minimum Gasteiger partial charge on any atom is -0.490 e. The number of unbranched alkanes of at least 4 members (excludes halogenated alkanes) is 3. The molecule has 2 nitrogen and oxygen atoms in total. The molecule has 0 heterocycles. The van der Waals surface area contributed by atoms with Crippen molar-refractivity contribution < 1.29 is 9.47 Å². The summed E-state index contributed by atoms with van der Waals surface area (Å²) < 4.78 is 11.2. The fourth-order valence-corrected chi connectivity index (χ4v) is 2.01. The standard InChI is InChI=1S/C16H26O2/c1-4-7-8-9-10-14-11-12-15(17-5-2)16(13-14)18-6-3/h11-13H,4-10H2,1-3H3. The summed E-state index contributed by atoms with van der Waals surface area (Å²) in [5, 5.41) is 0. The zero-order chi connectivity index (χ0) is 13.2. The van der Waals surface area contributed by atoms with E-state index >= 15 is 0 Å². The Kier molecular flexibility index (Phi) is 7.31. The first kappa shape index (κ1) is 14.9. The molecule has 0 bridgehead atoms. The van der Waals surface area contributed by atoms with Gasteiger partial charge in [0.25, 0.3) is 0 Å². The van der Waals surface area contributed by atoms with Gasteiger partial charge in [-0.25, -0.2) is 0 Å². The van der Waals surface area contributed by atoms with E-state index in [1.165, 1.54) is 31.2 Å². The van der Waals surface area contributed by atoms with E-state index in [1.807, 2.05) is 19.9 Å². The van der Waals surface area contributed by atoms with Crippen LogP contribution in [-0.2, 0) is 6.42 Å². The molecule has 1 aromatic rings. The molecule has 0 radical (unpaired) electrons. The molecule has 1 rings (SSSR count). The molecule has 0 fully saturated rings. The lowest BCUT2D eigenvalue weighted by atomic mass is 10.1. The van der Waals surface area contributed by atoms with Crippen LogP contribution in [0.5, 0.6) is 11.5 Å². The summed E-state index contributed by atoms with van der Waals surface area (Å²) in [6.07, 6.45) is 6.32. The number of hydrogen-bond donors (Lipinski definition) is 0. The summed E-state index contributed by atoms with van der Waals surface area (Å²) >= 11 is 0. The monoisotopic (exact) mass is 250 g/mol. The zero-order valence-electron chi connectivity index (χ0n) is 12.0. The van der Waals surface area contributed by atoms with Gasteiger partial charge in [0.05, 0.1) is 13.2 Å². The highest BCUT2D eigenvalue weighted by Gasteiger charge is 2.05. The molecule has 0 spiro atoms. The SMILES string of the molecule is CCCCCCc1ccc(OCC)c(OCC)c1. The van der Waals surface area contributed by atoms with Gasteiger partial charge < -0.3 is 9.47 Å². The normalized spacial score (nSPS) is 10.4. The third-order valence-corrected chi connectivity index (χ3v) is 2.93. The molecule has 0 aliphatic carbocycles. The first-order chi connectivity index (χ1) is 8.81. The molecule has 0 saturated carbocycles. The first-order valence-corrected chi connectivity index (χ1v) is 7.20. The van der Waals surface area contributed by atoms with Crippen LogP contribution in [0.1, 0.15) is 52.0 Å². The lowest BCUT2D eigenvalue weighted by Crippen LogP contribution is -1.99. The molecule has 0 aromatic heterocycles. The van der Waals surface area contributed by atoms with Crippen molar-refractivity contribution in [2.75, 3.05) is 13.2 Å². The van der Waals surface area contributed by atoms with Gasteiger partial charge in [0.15, 0.2) is 11.5 Å². The van der Waals surface area contributed by atoms with Gasteiger partial charge in [0.2, 0.25) is 0 Å². The van der Waals surface area contributed by atoms with Crippen molar-refractivity contribution in [1.29, 1.82) is 0 Å². The molecule has 0 N–H and O–H groups in total. The van der Waals surface area contributed by atoms with E-state index < -0.39 is 0 Å². The lowest BCUT2D eigenvalue weighted by molar-refractivity contribution is 0.287. The van der Waals surface area contributed by atoms with Gasteiger partial charge in [0, 0.05) is 0 Å². The summed E-state index contributed by atoms with van der Waals surface area (Å²) in [5.74, 6) is 1.74. The highest BCUT2D eigenvalue weighted by Crippen LogP contribution is 2.29. The van der Waals surface area contributed by atoms with Gasteiger partial charge in [-0.05, 0) is 44.4 Å². The van der Waals surface area contributed by atoms with Crippen molar-refractivity contribution >= 4 is 0 Å². The maximum absolute atomic E-state index is 5.63. The average molecular weight is 250 g/mol. The molecular weight excluding hydrogens is 224 g/mol. The van der Waals surface area contributed by atoms with E-state index in [0.29, 0.717) is 13.2 Å². The summed E-state index contributed by atoms with van der Waals surface area (Å²) in [7, 11) is 0. The second-order valence-corrected chi connectivity index (χ2v) is 4.46. The fraction of sp³-hybridized carbons (Fsp3) is 0.625. The molecule has 0 aliphatic heterocycles. The number of hydrogen-bond acceptors (Lipinski definition) is 2. The number of rotatable bonds is 9. The van der Waals surface area contributed by atoms with Crippen LogP contribution in [0, 0.1) is 0 Å². The third kappa shape index (κ3) is 4.99. The topological polar surface area (TPSA) is 18.5 Å². The number of aryl methyl sites for hydroxylation is 1. The smallest absolute Gasteiger partial charge is 0.161 e. The van der Waals surface area contributed by atoms with Gasteiger partial charge in [0.1, 0.15) is 0 Å². The van der Waals surface area contributed by atoms with Crippen LogP contribution in [0.15, 0.2) is 18.2 Å². The third-order valence-electron chi connectivity index (χ3n) is 2.93. The van der Waals surface area contributed by atoms with E-state index in [1.54, 1.807) is 0 Å². The minimum absolute atomic E-state index is 0.677. The molecule has 0 atom stereocenters. The quantitative estimate of drug-likeness (QED) is 0.596. The highest BCUT2D eigenvalue weighted by atomic mass is 16.5. The average Bonchev–Trinajstić information content (AvgIpc) is 2.38. The van der Waals surface area contributed by atoms with Gasteiger partial charge in [-0.1, -0.05) is 32.3 Å². The second kappa shape index (κ2) is 8.84. The number of ether oxygens (including phenoxy) is 2. The Balaban J connectivity index is 2.61. The van der Waals surface area contributed by atoms with E-state index in [2.05, 4.69) is 19.1 Å². The minimum atomic E-state index is 0.677. The summed E-state index contributed by atoms with van der Waals surface area (Å²) in [4.78, 5) is 0. The molecule has 1 aromatic carbocycles. The van der Waals surface area contributed by atoms with Crippen molar-refractivity contribution in [3.8, 4) is 11.5 Å². The van der Waals surface area contributed by atoms with Crippen LogP contribution in [0.2, 0.25) is 0 Å². The van der Waals surface area contributed by atoms with Gasteiger partial charge in [-0.2, -0.15) is 0 Å². The molecule has 0 amide bonds. The predicted octanol–water partition coefficient (Wildman–Crippen LogP) is 4.61. The lowest BCUT2D eigenvalue weighted by Gasteiger charge is -2.12.